The average molecular weight is 514 g/mol. The Morgan fingerprint density at radius 2 is 1.86 bits per heavy atom. The van der Waals surface area contributed by atoms with Crippen molar-refractivity contribution in [2.24, 2.45) is 0 Å². The Kier molecular flexibility index (Phi) is 6.63. The Hall–Kier alpha value is -3.87. The van der Waals surface area contributed by atoms with Crippen molar-refractivity contribution in [2.75, 3.05) is 48.7 Å². The number of nitrogens with one attached hydrogen (secondary N) is 1. The van der Waals surface area contributed by atoms with Crippen LogP contribution in [0.2, 0.25) is 0 Å². The van der Waals surface area contributed by atoms with Crippen LogP contribution in [0.5, 0.6) is 0 Å². The minimum Gasteiger partial charge on any atom is -0.381 e. The molecule has 0 spiro atoms. The van der Waals surface area contributed by atoms with Gasteiger partial charge < -0.3 is 20.9 Å². The van der Waals surface area contributed by atoms with E-state index >= 15 is 4.39 Å². The molecule has 3 N–H and O–H groups in total. The number of likely N-dealkylation sites (tertiary alicyclic amines) is 1. The van der Waals surface area contributed by atoms with Crippen LogP contribution >= 0.6 is 0 Å². The lowest BCUT2D eigenvalue weighted by Gasteiger charge is -2.39. The first-order valence-electron chi connectivity index (χ1n) is 12.3. The largest absolute Gasteiger partial charge is 0.381 e. The van der Waals surface area contributed by atoms with Gasteiger partial charge in [0.05, 0.1) is 36.5 Å². The quantitative estimate of drug-likeness (QED) is 0.529. The minimum absolute atomic E-state index is 0.0584. The summed E-state index contributed by atoms with van der Waals surface area (Å²) in [7, 11) is 0. The van der Waals surface area contributed by atoms with Crippen molar-refractivity contribution >= 4 is 34.7 Å². The molecule has 2 amide bonds. The SMILES string of the molecule is CC(C)N1CCCC1C(=O)N1CCN(c2c(F)cncc2NC(=O)c2c(N)nn3cc(F)cnc23)CC1. The number of nitrogens with zero attached hydrogens (tertiary/aromatic N) is 7. The average Bonchev–Trinajstić information content (AvgIpc) is 3.48. The van der Waals surface area contributed by atoms with E-state index in [4.69, 9.17) is 5.73 Å². The van der Waals surface area contributed by atoms with Crippen molar-refractivity contribution in [3.63, 3.8) is 0 Å². The highest BCUT2D eigenvalue weighted by Crippen LogP contribution is 2.31. The molecule has 1 atom stereocenters. The number of pyridine rings is 1. The monoisotopic (exact) mass is 513 g/mol. The highest BCUT2D eigenvalue weighted by molar-refractivity contribution is 6.12. The number of halogens is 2. The summed E-state index contributed by atoms with van der Waals surface area (Å²) < 4.78 is 29.6. The van der Waals surface area contributed by atoms with Crippen LogP contribution in [-0.4, -0.2) is 86.0 Å². The molecule has 5 rings (SSSR count). The summed E-state index contributed by atoms with van der Waals surface area (Å²) in [6.45, 7) is 6.77. The molecule has 2 fully saturated rings. The molecule has 0 saturated carbocycles. The number of rotatable bonds is 5. The van der Waals surface area contributed by atoms with E-state index in [9.17, 15) is 14.0 Å². The third-order valence-corrected chi connectivity index (χ3v) is 6.97. The molecule has 3 aromatic heterocycles. The Morgan fingerprint density at radius 1 is 1.11 bits per heavy atom. The Bertz CT molecular complexity index is 1340. The van der Waals surface area contributed by atoms with E-state index in [1.165, 1.54) is 6.20 Å². The van der Waals surface area contributed by atoms with Crippen LogP contribution in [-0.2, 0) is 4.79 Å². The third kappa shape index (κ3) is 4.66. The summed E-state index contributed by atoms with van der Waals surface area (Å²) in [4.78, 5) is 40.0. The number of carbonyl (C=O) groups is 2. The minimum atomic E-state index is -0.677. The van der Waals surface area contributed by atoms with Gasteiger partial charge in [-0.05, 0) is 33.2 Å². The fraction of sp³-hybridized carbons (Fsp3) is 0.458. The number of anilines is 3. The lowest BCUT2D eigenvalue weighted by Crippen LogP contribution is -2.54. The van der Waals surface area contributed by atoms with E-state index in [-0.39, 0.29) is 40.4 Å². The highest BCUT2D eigenvalue weighted by Gasteiger charge is 2.36. The molecule has 1 unspecified atom stereocenters. The van der Waals surface area contributed by atoms with Crippen molar-refractivity contribution in [1.29, 1.82) is 0 Å². The van der Waals surface area contributed by atoms with E-state index in [1.54, 1.807) is 4.90 Å². The van der Waals surface area contributed by atoms with Gasteiger partial charge in [0.25, 0.3) is 5.91 Å². The lowest BCUT2D eigenvalue weighted by molar-refractivity contribution is -0.136. The second-order valence-electron chi connectivity index (χ2n) is 9.57. The molecule has 37 heavy (non-hydrogen) atoms. The van der Waals surface area contributed by atoms with Crippen molar-refractivity contribution in [3.05, 3.63) is 42.0 Å². The van der Waals surface area contributed by atoms with Crippen LogP contribution in [0.25, 0.3) is 5.65 Å². The number of aromatic nitrogens is 4. The summed E-state index contributed by atoms with van der Waals surface area (Å²) in [6.07, 6.45) is 6.28. The van der Waals surface area contributed by atoms with E-state index < -0.39 is 17.5 Å². The first-order chi connectivity index (χ1) is 17.7. The summed E-state index contributed by atoms with van der Waals surface area (Å²) in [5.74, 6) is -1.95. The maximum Gasteiger partial charge on any atom is 0.263 e. The number of hydrogen-bond acceptors (Lipinski definition) is 8. The van der Waals surface area contributed by atoms with Crippen molar-refractivity contribution in [1.82, 2.24) is 29.4 Å². The second-order valence-corrected chi connectivity index (χ2v) is 9.57. The van der Waals surface area contributed by atoms with Crippen LogP contribution < -0.4 is 16.0 Å². The molecule has 0 aromatic carbocycles. The molecule has 2 aliphatic rings. The molecule has 0 bridgehead atoms. The molecule has 11 nitrogen and oxygen atoms in total. The Labute approximate surface area is 212 Å². The zero-order valence-corrected chi connectivity index (χ0v) is 20.7. The topological polar surface area (TPSA) is 125 Å². The summed E-state index contributed by atoms with van der Waals surface area (Å²) >= 11 is 0. The highest BCUT2D eigenvalue weighted by atomic mass is 19.1. The van der Waals surface area contributed by atoms with Crippen LogP contribution in [0.1, 0.15) is 37.0 Å². The van der Waals surface area contributed by atoms with Gasteiger partial charge in [0.1, 0.15) is 11.3 Å². The Morgan fingerprint density at radius 3 is 2.59 bits per heavy atom. The zero-order chi connectivity index (χ0) is 26.3. The molecule has 0 radical (unpaired) electrons. The predicted molar refractivity (Wildman–Crippen MR) is 133 cm³/mol. The number of nitrogens with two attached hydrogens (primary N) is 1. The number of amides is 2. The van der Waals surface area contributed by atoms with E-state index in [0.29, 0.717) is 32.2 Å². The smallest absolute Gasteiger partial charge is 0.263 e. The van der Waals surface area contributed by atoms with Gasteiger partial charge in [0.2, 0.25) is 5.91 Å². The summed E-state index contributed by atoms with van der Waals surface area (Å²) in [5.41, 5.74) is 6.23. The van der Waals surface area contributed by atoms with Crippen molar-refractivity contribution < 1.29 is 18.4 Å². The number of fused-ring (bicyclic) bond motifs is 1. The third-order valence-electron chi connectivity index (χ3n) is 6.97. The van der Waals surface area contributed by atoms with Crippen LogP contribution in [0.4, 0.5) is 26.0 Å². The standard InChI is InChI=1S/C24H29F2N9O2/c1-14(2)34-5-3-4-18(34)24(37)33-8-6-32(7-9-33)20-16(26)11-28-12-17(20)30-23(36)19-21(27)31-35-13-15(25)10-29-22(19)35/h10-14,18H,3-9H2,1-2H3,(H2,27,31)(H,30,36). The first-order valence-corrected chi connectivity index (χ1v) is 12.3. The second kappa shape index (κ2) is 9.88. The summed E-state index contributed by atoms with van der Waals surface area (Å²) in [5, 5.41) is 6.59. The molecule has 5 heterocycles. The maximum absolute atomic E-state index is 15.0. The van der Waals surface area contributed by atoms with Crippen LogP contribution in [0.15, 0.2) is 24.8 Å². The molecule has 13 heteroatoms. The van der Waals surface area contributed by atoms with Gasteiger partial charge in [-0.25, -0.2) is 18.3 Å². The molecule has 2 aliphatic heterocycles. The molecular formula is C24H29F2N9O2. The predicted octanol–water partition coefficient (Wildman–Crippen LogP) is 1.76. The van der Waals surface area contributed by atoms with Gasteiger partial charge in [0.15, 0.2) is 23.1 Å². The van der Waals surface area contributed by atoms with Gasteiger partial charge in [-0.1, -0.05) is 0 Å². The van der Waals surface area contributed by atoms with Gasteiger partial charge in [-0.3, -0.25) is 19.5 Å². The van der Waals surface area contributed by atoms with Gasteiger partial charge in [0, 0.05) is 32.2 Å². The molecule has 0 aliphatic carbocycles. The number of carbonyl (C=O) groups excluding carboxylic acids is 2. The molecule has 196 valence electrons. The molecule has 3 aromatic rings. The van der Waals surface area contributed by atoms with Crippen molar-refractivity contribution in [2.45, 2.75) is 38.8 Å². The summed E-state index contributed by atoms with van der Waals surface area (Å²) in [6, 6.07) is 0.184. The number of nitrogen functional groups attached to an aromatic ring is 1. The van der Waals surface area contributed by atoms with E-state index in [2.05, 4.69) is 39.1 Å². The van der Waals surface area contributed by atoms with E-state index in [1.807, 2.05) is 4.90 Å². The zero-order valence-electron chi connectivity index (χ0n) is 20.7. The fourth-order valence-corrected chi connectivity index (χ4v) is 5.21. The van der Waals surface area contributed by atoms with Gasteiger partial charge >= 0.3 is 0 Å². The maximum atomic E-state index is 15.0. The number of piperazine rings is 1. The van der Waals surface area contributed by atoms with Gasteiger partial charge in [-0.15, -0.1) is 5.10 Å². The van der Waals surface area contributed by atoms with E-state index in [0.717, 1.165) is 42.5 Å². The lowest BCUT2D eigenvalue weighted by atomic mass is 10.1. The van der Waals surface area contributed by atoms with Crippen LogP contribution in [0, 0.1) is 11.6 Å². The van der Waals surface area contributed by atoms with Crippen molar-refractivity contribution in [3.8, 4) is 0 Å². The number of hydrogen-bond donors (Lipinski definition) is 2. The Balaban J connectivity index is 1.32. The molecular weight excluding hydrogens is 484 g/mol. The van der Waals surface area contributed by atoms with Gasteiger partial charge in [-0.2, -0.15) is 0 Å². The molecule has 2 saturated heterocycles. The normalized spacial score (nSPS) is 18.7. The first kappa shape index (κ1) is 24.8. The van der Waals surface area contributed by atoms with Crippen LogP contribution in [0.3, 0.4) is 0 Å². The fourth-order valence-electron chi connectivity index (χ4n) is 5.21.